The highest BCUT2D eigenvalue weighted by Gasteiger charge is 2.14. The zero-order valence-corrected chi connectivity index (χ0v) is 12.0. The highest BCUT2D eigenvalue weighted by atomic mass is 15.3. The Balaban J connectivity index is 2.45. The van der Waals surface area contributed by atoms with Gasteiger partial charge in [0, 0.05) is 30.9 Å². The van der Waals surface area contributed by atoms with Crippen LogP contribution < -0.4 is 5.32 Å². The minimum absolute atomic E-state index is 0.0630. The summed E-state index contributed by atoms with van der Waals surface area (Å²) in [5.74, 6) is 0. The number of likely N-dealkylation sites (N-methyl/N-ethyl adjacent to an activating group) is 1. The van der Waals surface area contributed by atoms with Crippen molar-refractivity contribution in [2.75, 3.05) is 20.6 Å². The molecule has 17 heavy (non-hydrogen) atoms. The maximum absolute atomic E-state index is 4.39. The molecule has 0 saturated carbocycles. The summed E-state index contributed by atoms with van der Waals surface area (Å²) in [6.07, 6.45) is 4.07. The van der Waals surface area contributed by atoms with Crippen LogP contribution in [0.5, 0.6) is 0 Å². The zero-order valence-electron chi connectivity index (χ0n) is 12.0. The van der Waals surface area contributed by atoms with Crippen molar-refractivity contribution in [1.82, 2.24) is 20.0 Å². The van der Waals surface area contributed by atoms with Crippen LogP contribution in [0.3, 0.4) is 0 Å². The summed E-state index contributed by atoms with van der Waals surface area (Å²) in [4.78, 5) is 2.19. The zero-order chi connectivity index (χ0) is 13.1. The molecule has 0 saturated heterocycles. The predicted octanol–water partition coefficient (Wildman–Crippen LogP) is 1.68. The van der Waals surface area contributed by atoms with E-state index in [4.69, 9.17) is 0 Å². The average Bonchev–Trinajstić information content (AvgIpc) is 2.61. The predicted molar refractivity (Wildman–Crippen MR) is 72.1 cm³/mol. The molecule has 0 aromatic carbocycles. The monoisotopic (exact) mass is 238 g/mol. The second kappa shape index (κ2) is 5.65. The van der Waals surface area contributed by atoms with Crippen LogP contribution in [0.4, 0.5) is 0 Å². The van der Waals surface area contributed by atoms with Crippen LogP contribution in [0, 0.1) is 0 Å². The van der Waals surface area contributed by atoms with Gasteiger partial charge in [-0.2, -0.15) is 5.10 Å². The fourth-order valence-corrected chi connectivity index (χ4v) is 1.72. The maximum atomic E-state index is 4.39. The topological polar surface area (TPSA) is 33.1 Å². The lowest BCUT2D eigenvalue weighted by Crippen LogP contribution is -2.35. The van der Waals surface area contributed by atoms with E-state index in [1.807, 2.05) is 10.9 Å². The molecule has 1 aromatic rings. The van der Waals surface area contributed by atoms with E-state index in [1.165, 1.54) is 5.56 Å². The van der Waals surface area contributed by atoms with Crippen molar-refractivity contribution < 1.29 is 0 Å². The summed E-state index contributed by atoms with van der Waals surface area (Å²) in [5, 5.41) is 7.89. The van der Waals surface area contributed by atoms with E-state index in [-0.39, 0.29) is 5.54 Å². The summed E-state index contributed by atoms with van der Waals surface area (Å²) in [5.41, 5.74) is 1.30. The highest BCUT2D eigenvalue weighted by Crippen LogP contribution is 2.13. The fourth-order valence-electron chi connectivity index (χ4n) is 1.72. The molecular formula is C13H26N4. The number of nitrogens with zero attached hydrogens (tertiary/aromatic N) is 3. The molecule has 0 spiro atoms. The van der Waals surface area contributed by atoms with E-state index in [1.54, 1.807) is 0 Å². The lowest BCUT2D eigenvalue weighted by atomic mass is 10.1. The standard InChI is InChI=1S/C13H26N4/c1-11(9-16(5)6)14-7-12-8-15-17(10-12)13(2,3)4/h8,10-11,14H,7,9H2,1-6H3. The van der Waals surface area contributed by atoms with Gasteiger partial charge in [0.15, 0.2) is 0 Å². The Bertz CT molecular complexity index is 335. The van der Waals surface area contributed by atoms with E-state index in [2.05, 4.69) is 63.3 Å². The summed E-state index contributed by atoms with van der Waals surface area (Å²) in [6.45, 7) is 10.6. The van der Waals surface area contributed by atoms with Gasteiger partial charge in [-0.15, -0.1) is 0 Å². The first-order valence-electron chi connectivity index (χ1n) is 6.21. The Kier molecular flexibility index (Phi) is 4.71. The summed E-state index contributed by atoms with van der Waals surface area (Å²) < 4.78 is 2.01. The molecule has 1 rings (SSSR count). The first kappa shape index (κ1) is 14.2. The third-order valence-corrected chi connectivity index (χ3v) is 2.62. The number of rotatable bonds is 5. The van der Waals surface area contributed by atoms with Crippen molar-refractivity contribution >= 4 is 0 Å². The first-order valence-corrected chi connectivity index (χ1v) is 6.21. The van der Waals surface area contributed by atoms with Gasteiger partial charge in [0.1, 0.15) is 0 Å². The van der Waals surface area contributed by atoms with Gasteiger partial charge < -0.3 is 10.2 Å². The molecule has 1 unspecified atom stereocenters. The van der Waals surface area contributed by atoms with Gasteiger partial charge >= 0.3 is 0 Å². The lowest BCUT2D eigenvalue weighted by molar-refractivity contribution is 0.347. The average molecular weight is 238 g/mol. The second-order valence-electron chi connectivity index (χ2n) is 6.01. The Morgan fingerprint density at radius 3 is 2.53 bits per heavy atom. The van der Waals surface area contributed by atoms with Crippen molar-refractivity contribution in [2.45, 2.75) is 45.8 Å². The molecule has 4 heteroatoms. The molecule has 1 atom stereocenters. The Hall–Kier alpha value is -0.870. The van der Waals surface area contributed by atoms with Gasteiger partial charge in [0.05, 0.1) is 11.7 Å². The van der Waals surface area contributed by atoms with E-state index >= 15 is 0 Å². The van der Waals surface area contributed by atoms with Gasteiger partial charge in [0.25, 0.3) is 0 Å². The second-order valence-corrected chi connectivity index (χ2v) is 6.01. The van der Waals surface area contributed by atoms with Gasteiger partial charge in [-0.1, -0.05) is 0 Å². The number of nitrogens with one attached hydrogen (secondary N) is 1. The molecule has 4 nitrogen and oxygen atoms in total. The third-order valence-electron chi connectivity index (χ3n) is 2.62. The van der Waals surface area contributed by atoms with Crippen LogP contribution in [0.1, 0.15) is 33.3 Å². The van der Waals surface area contributed by atoms with Crippen molar-refractivity contribution in [1.29, 1.82) is 0 Å². The third kappa shape index (κ3) is 4.88. The fraction of sp³-hybridized carbons (Fsp3) is 0.769. The molecule has 0 fully saturated rings. The van der Waals surface area contributed by atoms with Crippen molar-refractivity contribution in [3.63, 3.8) is 0 Å². The van der Waals surface area contributed by atoms with Gasteiger partial charge in [0.2, 0.25) is 0 Å². The normalized spacial score (nSPS) is 14.3. The number of aromatic nitrogens is 2. The van der Waals surface area contributed by atoms with Gasteiger partial charge in [-0.3, -0.25) is 4.68 Å². The Labute approximate surface area is 105 Å². The van der Waals surface area contributed by atoms with Crippen LogP contribution in [0.15, 0.2) is 12.4 Å². The molecule has 0 amide bonds. The molecule has 1 aromatic heterocycles. The maximum Gasteiger partial charge on any atom is 0.0543 e. The van der Waals surface area contributed by atoms with Gasteiger partial charge in [-0.05, 0) is 41.8 Å². The SMILES string of the molecule is CC(CN(C)C)NCc1cnn(C(C)(C)C)c1. The van der Waals surface area contributed by atoms with Crippen LogP contribution >= 0.6 is 0 Å². The van der Waals surface area contributed by atoms with E-state index in [0.717, 1.165) is 13.1 Å². The van der Waals surface area contributed by atoms with Crippen LogP contribution in [-0.2, 0) is 12.1 Å². The van der Waals surface area contributed by atoms with Crippen molar-refractivity contribution in [3.8, 4) is 0 Å². The van der Waals surface area contributed by atoms with Crippen molar-refractivity contribution in [3.05, 3.63) is 18.0 Å². The summed E-state index contributed by atoms with van der Waals surface area (Å²) in [7, 11) is 4.19. The Morgan fingerprint density at radius 2 is 2.06 bits per heavy atom. The van der Waals surface area contributed by atoms with E-state index < -0.39 is 0 Å². The smallest absolute Gasteiger partial charge is 0.0543 e. The van der Waals surface area contributed by atoms with Crippen LogP contribution in [0.2, 0.25) is 0 Å². The lowest BCUT2D eigenvalue weighted by Gasteiger charge is -2.19. The van der Waals surface area contributed by atoms with Crippen LogP contribution in [0.25, 0.3) is 0 Å². The van der Waals surface area contributed by atoms with Crippen molar-refractivity contribution in [2.24, 2.45) is 0 Å². The molecule has 0 aliphatic rings. The molecule has 0 bridgehead atoms. The molecule has 1 heterocycles. The Morgan fingerprint density at radius 1 is 1.41 bits per heavy atom. The van der Waals surface area contributed by atoms with E-state index in [9.17, 15) is 0 Å². The largest absolute Gasteiger partial charge is 0.309 e. The molecule has 0 aliphatic carbocycles. The number of hydrogen-bond donors (Lipinski definition) is 1. The molecule has 98 valence electrons. The minimum atomic E-state index is 0.0630. The molecule has 0 radical (unpaired) electrons. The summed E-state index contributed by atoms with van der Waals surface area (Å²) >= 11 is 0. The minimum Gasteiger partial charge on any atom is -0.309 e. The number of hydrogen-bond acceptors (Lipinski definition) is 3. The van der Waals surface area contributed by atoms with E-state index in [0.29, 0.717) is 6.04 Å². The first-order chi connectivity index (χ1) is 7.79. The van der Waals surface area contributed by atoms with Crippen LogP contribution in [-0.4, -0.2) is 41.4 Å². The van der Waals surface area contributed by atoms with Gasteiger partial charge in [-0.25, -0.2) is 0 Å². The summed E-state index contributed by atoms with van der Waals surface area (Å²) in [6, 6.07) is 0.489. The quantitative estimate of drug-likeness (QED) is 0.847. The molecular weight excluding hydrogens is 212 g/mol. The highest BCUT2D eigenvalue weighted by molar-refractivity contribution is 5.05. The molecule has 0 aliphatic heterocycles. The molecule has 1 N–H and O–H groups in total.